The summed E-state index contributed by atoms with van der Waals surface area (Å²) in [5.41, 5.74) is 0.863. The monoisotopic (exact) mass is 385 g/mol. The number of nitrogens with one attached hydrogen (secondary N) is 1. The molecule has 1 aliphatic rings. The summed E-state index contributed by atoms with van der Waals surface area (Å²) in [6, 6.07) is 13.0. The van der Waals surface area contributed by atoms with Crippen LogP contribution in [0.5, 0.6) is 5.75 Å². The van der Waals surface area contributed by atoms with Crippen molar-refractivity contribution in [1.82, 2.24) is 4.72 Å². The van der Waals surface area contributed by atoms with E-state index in [-0.39, 0.29) is 16.9 Å². The normalized spacial score (nSPS) is 21.2. The SMILES string of the molecule is C[C@H]1C[C@@H]1C(NS(=O)(=O)c1ccc(OC(F)(F)F)cc1)c1ccccc1. The van der Waals surface area contributed by atoms with Gasteiger partial charge in [-0.05, 0) is 48.1 Å². The molecule has 0 radical (unpaired) electrons. The Bertz CT molecular complexity index is 852. The fraction of sp³-hybridized carbons (Fsp3) is 0.333. The number of hydrogen-bond donors (Lipinski definition) is 1. The van der Waals surface area contributed by atoms with Gasteiger partial charge in [0.05, 0.1) is 10.9 Å². The molecule has 0 amide bonds. The van der Waals surface area contributed by atoms with Gasteiger partial charge in [-0.2, -0.15) is 0 Å². The van der Waals surface area contributed by atoms with Crippen LogP contribution in [0.1, 0.15) is 24.9 Å². The third kappa shape index (κ3) is 4.56. The zero-order chi connectivity index (χ0) is 18.9. The van der Waals surface area contributed by atoms with Crippen LogP contribution in [-0.4, -0.2) is 14.8 Å². The van der Waals surface area contributed by atoms with Gasteiger partial charge in [0.25, 0.3) is 0 Å². The lowest BCUT2D eigenvalue weighted by molar-refractivity contribution is -0.274. The summed E-state index contributed by atoms with van der Waals surface area (Å²) in [4.78, 5) is -0.110. The highest BCUT2D eigenvalue weighted by molar-refractivity contribution is 7.89. The van der Waals surface area contributed by atoms with Gasteiger partial charge in [0, 0.05) is 0 Å². The van der Waals surface area contributed by atoms with Crippen molar-refractivity contribution in [2.75, 3.05) is 0 Å². The van der Waals surface area contributed by atoms with Crippen LogP contribution in [0.3, 0.4) is 0 Å². The predicted octanol–water partition coefficient (Wildman–Crippen LogP) is 4.26. The topological polar surface area (TPSA) is 55.4 Å². The van der Waals surface area contributed by atoms with E-state index in [9.17, 15) is 21.6 Å². The number of rotatable bonds is 6. The number of halogens is 3. The van der Waals surface area contributed by atoms with Crippen LogP contribution in [0, 0.1) is 11.8 Å². The summed E-state index contributed by atoms with van der Waals surface area (Å²) in [6.07, 6.45) is -3.90. The van der Waals surface area contributed by atoms with Gasteiger partial charge in [0.15, 0.2) is 0 Å². The maximum atomic E-state index is 12.7. The molecule has 0 saturated heterocycles. The molecule has 0 aromatic heterocycles. The van der Waals surface area contributed by atoms with Gasteiger partial charge in [-0.3, -0.25) is 0 Å². The van der Waals surface area contributed by atoms with E-state index in [2.05, 4.69) is 16.4 Å². The fourth-order valence-corrected chi connectivity index (χ4v) is 4.21. The van der Waals surface area contributed by atoms with Gasteiger partial charge in [-0.1, -0.05) is 37.3 Å². The first-order valence-corrected chi connectivity index (χ1v) is 9.57. The van der Waals surface area contributed by atoms with E-state index in [1.54, 1.807) is 0 Å². The van der Waals surface area contributed by atoms with Crippen LogP contribution >= 0.6 is 0 Å². The van der Waals surface area contributed by atoms with Crippen molar-refractivity contribution in [1.29, 1.82) is 0 Å². The molecule has 1 saturated carbocycles. The Hall–Kier alpha value is -2.06. The minimum Gasteiger partial charge on any atom is -0.406 e. The van der Waals surface area contributed by atoms with Gasteiger partial charge in [-0.15, -0.1) is 13.2 Å². The lowest BCUT2D eigenvalue weighted by atomic mass is 10.0. The van der Waals surface area contributed by atoms with Crippen LogP contribution in [0.25, 0.3) is 0 Å². The van der Waals surface area contributed by atoms with Crippen molar-refractivity contribution in [2.24, 2.45) is 11.8 Å². The molecule has 0 bridgehead atoms. The van der Waals surface area contributed by atoms with Crippen molar-refractivity contribution < 1.29 is 26.3 Å². The van der Waals surface area contributed by atoms with Crippen molar-refractivity contribution in [3.05, 3.63) is 60.2 Å². The molecule has 4 nitrogen and oxygen atoms in total. The lowest BCUT2D eigenvalue weighted by Crippen LogP contribution is -2.30. The molecule has 0 aliphatic heterocycles. The van der Waals surface area contributed by atoms with Crippen molar-refractivity contribution >= 4 is 10.0 Å². The highest BCUT2D eigenvalue weighted by Gasteiger charge is 2.42. The first-order chi connectivity index (χ1) is 12.2. The highest BCUT2D eigenvalue weighted by Crippen LogP contribution is 2.47. The van der Waals surface area contributed by atoms with E-state index >= 15 is 0 Å². The maximum absolute atomic E-state index is 12.7. The summed E-state index contributed by atoms with van der Waals surface area (Å²) >= 11 is 0. The zero-order valence-corrected chi connectivity index (χ0v) is 14.7. The van der Waals surface area contributed by atoms with Gasteiger partial charge in [0.2, 0.25) is 10.0 Å². The van der Waals surface area contributed by atoms with Crippen molar-refractivity contribution in [3.8, 4) is 5.75 Å². The van der Waals surface area contributed by atoms with Crippen molar-refractivity contribution in [3.63, 3.8) is 0 Å². The number of ether oxygens (including phenoxy) is 1. The Labute approximate surface area is 150 Å². The summed E-state index contributed by atoms with van der Waals surface area (Å²) in [7, 11) is -3.88. The Morgan fingerprint density at radius 3 is 2.15 bits per heavy atom. The minimum absolute atomic E-state index is 0.110. The molecule has 1 N–H and O–H groups in total. The largest absolute Gasteiger partial charge is 0.573 e. The Kier molecular flexibility index (Phi) is 4.98. The molecule has 140 valence electrons. The van der Waals surface area contributed by atoms with E-state index in [0.29, 0.717) is 5.92 Å². The molecule has 1 aliphatic carbocycles. The van der Waals surface area contributed by atoms with Gasteiger partial charge in [0.1, 0.15) is 5.75 Å². The summed E-state index contributed by atoms with van der Waals surface area (Å²) in [6.45, 7) is 2.05. The van der Waals surface area contributed by atoms with Crippen LogP contribution in [0.4, 0.5) is 13.2 Å². The molecule has 2 aromatic rings. The zero-order valence-electron chi connectivity index (χ0n) is 13.9. The van der Waals surface area contributed by atoms with Gasteiger partial charge in [-0.25, -0.2) is 13.1 Å². The molecule has 1 fully saturated rings. The standard InChI is InChI=1S/C18H18F3NO3S/c1-12-11-16(12)17(13-5-3-2-4-6-13)22-26(23,24)15-9-7-14(8-10-15)25-18(19,20)21/h2-10,12,16-17,22H,11H2,1H3/t12-,16-,17?/m0/s1. The summed E-state index contributed by atoms with van der Waals surface area (Å²) < 4.78 is 68.5. The van der Waals surface area contributed by atoms with Crippen LogP contribution in [0.2, 0.25) is 0 Å². The first-order valence-electron chi connectivity index (χ1n) is 8.09. The number of hydrogen-bond acceptors (Lipinski definition) is 3. The predicted molar refractivity (Wildman–Crippen MR) is 89.9 cm³/mol. The van der Waals surface area contributed by atoms with Gasteiger partial charge >= 0.3 is 6.36 Å². The fourth-order valence-electron chi connectivity index (χ4n) is 2.93. The van der Waals surface area contributed by atoms with E-state index in [0.717, 1.165) is 36.2 Å². The second-order valence-electron chi connectivity index (χ2n) is 6.41. The second-order valence-corrected chi connectivity index (χ2v) is 8.12. The van der Waals surface area contributed by atoms with Gasteiger partial charge < -0.3 is 4.74 Å². The van der Waals surface area contributed by atoms with E-state index in [4.69, 9.17) is 0 Å². The molecule has 2 aromatic carbocycles. The highest BCUT2D eigenvalue weighted by atomic mass is 32.2. The molecule has 1 unspecified atom stereocenters. The smallest absolute Gasteiger partial charge is 0.406 e. The third-order valence-corrected chi connectivity index (χ3v) is 5.87. The van der Waals surface area contributed by atoms with E-state index in [1.165, 1.54) is 0 Å². The average molecular weight is 385 g/mol. The molecule has 0 heterocycles. The quantitative estimate of drug-likeness (QED) is 0.808. The summed E-state index contributed by atoms with van der Waals surface area (Å²) in [5, 5.41) is 0. The second kappa shape index (κ2) is 6.92. The molecule has 3 atom stereocenters. The van der Waals surface area contributed by atoms with E-state index < -0.39 is 22.1 Å². The molecule has 8 heteroatoms. The average Bonchev–Trinajstić information content (AvgIpc) is 3.29. The maximum Gasteiger partial charge on any atom is 0.573 e. The first kappa shape index (κ1) is 18.7. The van der Waals surface area contributed by atoms with Crippen LogP contribution < -0.4 is 9.46 Å². The lowest BCUT2D eigenvalue weighted by Gasteiger charge is -2.19. The number of alkyl halides is 3. The number of sulfonamides is 1. The molecular weight excluding hydrogens is 367 g/mol. The Morgan fingerprint density at radius 1 is 1.08 bits per heavy atom. The van der Waals surface area contributed by atoms with Crippen LogP contribution in [-0.2, 0) is 10.0 Å². The minimum atomic E-state index is -4.82. The molecule has 0 spiro atoms. The van der Waals surface area contributed by atoms with Crippen LogP contribution in [0.15, 0.2) is 59.5 Å². The summed E-state index contributed by atoms with van der Waals surface area (Å²) in [5.74, 6) is 0.136. The molecule has 3 rings (SSSR count). The number of benzene rings is 2. The van der Waals surface area contributed by atoms with E-state index in [1.807, 2.05) is 30.3 Å². The molecule has 26 heavy (non-hydrogen) atoms. The Morgan fingerprint density at radius 2 is 1.65 bits per heavy atom. The Balaban J connectivity index is 1.80. The third-order valence-electron chi connectivity index (χ3n) is 4.41. The van der Waals surface area contributed by atoms with Crippen molar-refractivity contribution in [2.45, 2.75) is 30.6 Å². The molecular formula is C18H18F3NO3S.